The number of hydrogen-bond donors (Lipinski definition) is 1. The zero-order valence-electron chi connectivity index (χ0n) is 11.0. The molecule has 0 saturated carbocycles. The van der Waals surface area contributed by atoms with Gasteiger partial charge in [-0.1, -0.05) is 6.92 Å². The summed E-state index contributed by atoms with van der Waals surface area (Å²) in [5, 5.41) is -1.45. The SMILES string of the molecule is CCC(=O)C(CC[Si](OC)(OC)OC)S(=O)(=O)O. The zero-order chi connectivity index (χ0) is 14.4. The Morgan fingerprint density at radius 2 is 1.67 bits per heavy atom. The van der Waals surface area contributed by atoms with Crippen LogP contribution in [0.25, 0.3) is 0 Å². The Hall–Kier alpha value is -0.323. The highest BCUT2D eigenvalue weighted by atomic mass is 32.2. The van der Waals surface area contributed by atoms with Crippen LogP contribution in [0.1, 0.15) is 19.8 Å². The minimum absolute atomic E-state index is 0.0337. The van der Waals surface area contributed by atoms with Crippen LogP contribution in [0.15, 0.2) is 0 Å². The normalized spacial score (nSPS) is 14.5. The molecule has 1 atom stereocenters. The van der Waals surface area contributed by atoms with Gasteiger partial charge in [-0.05, 0) is 6.42 Å². The minimum atomic E-state index is -4.42. The van der Waals surface area contributed by atoms with Crippen molar-refractivity contribution in [2.24, 2.45) is 0 Å². The predicted octanol–water partition coefficient (Wildman–Crippen LogP) is 0.490. The van der Waals surface area contributed by atoms with Crippen LogP contribution in [0, 0.1) is 0 Å². The molecule has 0 bridgehead atoms. The molecule has 1 N–H and O–H groups in total. The van der Waals surface area contributed by atoms with Crippen molar-refractivity contribution in [1.82, 2.24) is 0 Å². The lowest BCUT2D eigenvalue weighted by Gasteiger charge is -2.25. The first kappa shape index (κ1) is 17.7. The molecular formula is C9H20O7SSi. The van der Waals surface area contributed by atoms with Crippen molar-refractivity contribution in [3.8, 4) is 0 Å². The Kier molecular flexibility index (Phi) is 7.18. The molecule has 0 aromatic rings. The van der Waals surface area contributed by atoms with Gasteiger partial charge in [-0.25, -0.2) is 0 Å². The van der Waals surface area contributed by atoms with E-state index in [2.05, 4.69) is 0 Å². The molecule has 0 spiro atoms. The van der Waals surface area contributed by atoms with Crippen molar-refractivity contribution in [1.29, 1.82) is 0 Å². The van der Waals surface area contributed by atoms with Crippen molar-refractivity contribution in [2.45, 2.75) is 31.1 Å². The summed E-state index contributed by atoms with van der Waals surface area (Å²) >= 11 is 0. The van der Waals surface area contributed by atoms with Crippen LogP contribution >= 0.6 is 0 Å². The van der Waals surface area contributed by atoms with Gasteiger partial charge in [0.15, 0.2) is 5.78 Å². The topological polar surface area (TPSA) is 99.1 Å². The molecular weight excluding hydrogens is 280 g/mol. The van der Waals surface area contributed by atoms with Gasteiger partial charge in [-0.2, -0.15) is 8.42 Å². The summed E-state index contributed by atoms with van der Waals surface area (Å²) in [4.78, 5) is 11.5. The van der Waals surface area contributed by atoms with Crippen LogP contribution in [0.2, 0.25) is 6.04 Å². The average Bonchev–Trinajstić information content (AvgIpc) is 2.33. The average molecular weight is 300 g/mol. The summed E-state index contributed by atoms with van der Waals surface area (Å²) in [6.07, 6.45) is -0.0563. The van der Waals surface area contributed by atoms with Crippen molar-refractivity contribution in [3.63, 3.8) is 0 Å². The second-order valence-corrected chi connectivity index (χ2v) is 8.35. The molecule has 9 heteroatoms. The summed E-state index contributed by atoms with van der Waals surface area (Å²) in [6.45, 7) is 1.54. The molecule has 0 heterocycles. The molecule has 0 aromatic carbocycles. The molecule has 0 rings (SSSR count). The van der Waals surface area contributed by atoms with E-state index in [0.29, 0.717) is 0 Å². The summed E-state index contributed by atoms with van der Waals surface area (Å²) < 4.78 is 46.7. The van der Waals surface area contributed by atoms with Gasteiger partial charge in [-0.15, -0.1) is 0 Å². The van der Waals surface area contributed by atoms with Crippen molar-refractivity contribution < 1.29 is 31.0 Å². The van der Waals surface area contributed by atoms with E-state index in [9.17, 15) is 13.2 Å². The maximum absolute atomic E-state index is 11.5. The largest absolute Gasteiger partial charge is 0.500 e. The van der Waals surface area contributed by atoms with Crippen LogP contribution < -0.4 is 0 Å². The molecule has 0 aliphatic heterocycles. The number of Topliss-reactive ketones (excluding diaryl/α,β-unsaturated/α-hetero) is 1. The lowest BCUT2D eigenvalue weighted by molar-refractivity contribution is -0.118. The molecule has 0 radical (unpaired) electrons. The number of ketones is 1. The quantitative estimate of drug-likeness (QED) is 0.488. The third-order valence-electron chi connectivity index (χ3n) is 2.71. The van der Waals surface area contributed by atoms with Crippen molar-refractivity contribution in [2.75, 3.05) is 21.3 Å². The number of rotatable bonds is 9. The first-order valence-electron chi connectivity index (χ1n) is 5.40. The van der Waals surface area contributed by atoms with Gasteiger partial charge in [0, 0.05) is 33.8 Å². The van der Waals surface area contributed by atoms with E-state index in [4.69, 9.17) is 17.8 Å². The van der Waals surface area contributed by atoms with Gasteiger partial charge >= 0.3 is 8.80 Å². The molecule has 1 unspecified atom stereocenters. The van der Waals surface area contributed by atoms with E-state index in [-0.39, 0.29) is 18.9 Å². The lowest BCUT2D eigenvalue weighted by atomic mass is 10.2. The monoisotopic (exact) mass is 300 g/mol. The van der Waals surface area contributed by atoms with Crippen molar-refractivity contribution >= 4 is 24.7 Å². The van der Waals surface area contributed by atoms with E-state index in [1.165, 1.54) is 28.3 Å². The fraction of sp³-hybridized carbons (Fsp3) is 0.889. The van der Waals surface area contributed by atoms with Crippen LogP contribution in [0.5, 0.6) is 0 Å². The molecule has 108 valence electrons. The van der Waals surface area contributed by atoms with E-state index in [1.807, 2.05) is 0 Å². The molecule has 0 aliphatic rings. The lowest BCUT2D eigenvalue weighted by Crippen LogP contribution is -2.44. The van der Waals surface area contributed by atoms with E-state index >= 15 is 0 Å². The number of hydrogen-bond acceptors (Lipinski definition) is 6. The Balaban J connectivity index is 4.87. The van der Waals surface area contributed by atoms with Crippen LogP contribution in [-0.2, 0) is 28.2 Å². The van der Waals surface area contributed by atoms with Gasteiger partial charge in [0.25, 0.3) is 10.1 Å². The van der Waals surface area contributed by atoms with Gasteiger partial charge in [-0.3, -0.25) is 9.35 Å². The molecule has 18 heavy (non-hydrogen) atoms. The highest BCUT2D eigenvalue weighted by Crippen LogP contribution is 2.20. The third kappa shape index (κ3) is 4.75. The van der Waals surface area contributed by atoms with Gasteiger partial charge in [0.05, 0.1) is 0 Å². The Morgan fingerprint density at radius 3 is 1.94 bits per heavy atom. The predicted molar refractivity (Wildman–Crippen MR) is 66.8 cm³/mol. The second kappa shape index (κ2) is 7.31. The molecule has 0 amide bonds. The highest BCUT2D eigenvalue weighted by Gasteiger charge is 2.41. The zero-order valence-corrected chi connectivity index (χ0v) is 12.8. The number of carbonyl (C=O) groups excluding carboxylic acids is 1. The third-order valence-corrected chi connectivity index (χ3v) is 6.70. The van der Waals surface area contributed by atoms with E-state index < -0.39 is 30.0 Å². The van der Waals surface area contributed by atoms with Gasteiger partial charge in [0.1, 0.15) is 5.25 Å². The standard InChI is InChI=1S/C9H20O7SSi/c1-5-8(10)9(17(11,12)13)6-7-18(14-2,15-3)16-4/h9H,5-7H2,1-4H3,(H,11,12,13). The molecule has 7 nitrogen and oxygen atoms in total. The second-order valence-electron chi connectivity index (χ2n) is 3.66. The summed E-state index contributed by atoms with van der Waals surface area (Å²) in [5.41, 5.74) is 0. The maximum Gasteiger partial charge on any atom is 0.500 e. The first-order valence-corrected chi connectivity index (χ1v) is 8.84. The summed E-state index contributed by atoms with van der Waals surface area (Å²) in [7, 11) is -3.19. The van der Waals surface area contributed by atoms with Crippen LogP contribution in [0.3, 0.4) is 0 Å². The number of carbonyl (C=O) groups is 1. The molecule has 0 aromatic heterocycles. The summed E-state index contributed by atoms with van der Waals surface area (Å²) in [5.74, 6) is -0.538. The van der Waals surface area contributed by atoms with Crippen LogP contribution in [0.4, 0.5) is 0 Å². The molecule has 0 aliphatic carbocycles. The smallest absolute Gasteiger partial charge is 0.377 e. The fourth-order valence-electron chi connectivity index (χ4n) is 1.57. The molecule has 0 fully saturated rings. The van der Waals surface area contributed by atoms with E-state index in [1.54, 1.807) is 0 Å². The highest BCUT2D eigenvalue weighted by molar-refractivity contribution is 7.87. The van der Waals surface area contributed by atoms with Crippen LogP contribution in [-0.4, -0.2) is 54.1 Å². The molecule has 0 saturated heterocycles. The Morgan fingerprint density at radius 1 is 1.22 bits per heavy atom. The Bertz CT molecular complexity index is 355. The van der Waals surface area contributed by atoms with Gasteiger partial charge in [0.2, 0.25) is 0 Å². The fourth-order valence-corrected chi connectivity index (χ4v) is 4.45. The minimum Gasteiger partial charge on any atom is -0.377 e. The summed E-state index contributed by atoms with van der Waals surface area (Å²) in [6, 6.07) is 0.132. The van der Waals surface area contributed by atoms with E-state index in [0.717, 1.165) is 0 Å². The van der Waals surface area contributed by atoms with Gasteiger partial charge < -0.3 is 13.3 Å². The first-order chi connectivity index (χ1) is 8.26. The maximum atomic E-state index is 11.5. The van der Waals surface area contributed by atoms with Crippen molar-refractivity contribution in [3.05, 3.63) is 0 Å². The Labute approximate surface area is 109 Å².